The highest BCUT2D eigenvalue weighted by molar-refractivity contribution is 6.30. The molecule has 0 aliphatic heterocycles. The maximum atomic E-state index is 6.06. The summed E-state index contributed by atoms with van der Waals surface area (Å²) in [7, 11) is 0. The van der Waals surface area contributed by atoms with Crippen LogP contribution in [0.15, 0.2) is 33.2 Å². The number of aromatic nitrogens is 3. The van der Waals surface area contributed by atoms with E-state index in [0.29, 0.717) is 22.5 Å². The molecule has 0 bridgehead atoms. The minimum Gasteiger partial charge on any atom is -0.414 e. The van der Waals surface area contributed by atoms with Gasteiger partial charge in [-0.25, -0.2) is 0 Å². The Bertz CT molecular complexity index is 795. The molecule has 0 radical (unpaired) electrons. The van der Waals surface area contributed by atoms with E-state index in [4.69, 9.17) is 20.5 Å². The highest BCUT2D eigenvalue weighted by atomic mass is 35.5. The lowest BCUT2D eigenvalue weighted by Crippen LogP contribution is -2.09. The van der Waals surface area contributed by atoms with Crippen LogP contribution in [-0.4, -0.2) is 15.4 Å². The van der Waals surface area contributed by atoms with E-state index in [1.54, 1.807) is 6.07 Å². The monoisotopic (exact) mass is 317 g/mol. The molecular formula is C16H16ClN3O2. The quantitative estimate of drug-likeness (QED) is 0.688. The van der Waals surface area contributed by atoms with Crippen LogP contribution in [-0.2, 0) is 5.41 Å². The van der Waals surface area contributed by atoms with E-state index in [0.717, 1.165) is 16.9 Å². The lowest BCUT2D eigenvalue weighted by molar-refractivity contribution is 0.329. The number of rotatable bonds is 2. The first-order chi connectivity index (χ1) is 10.3. The second-order valence-electron chi connectivity index (χ2n) is 6.26. The van der Waals surface area contributed by atoms with Crippen molar-refractivity contribution in [3.8, 4) is 23.0 Å². The van der Waals surface area contributed by atoms with Crippen LogP contribution >= 0.6 is 11.6 Å². The number of hydrogen-bond donors (Lipinski definition) is 0. The second-order valence-corrected chi connectivity index (χ2v) is 6.69. The van der Waals surface area contributed by atoms with E-state index in [9.17, 15) is 0 Å². The number of aryl methyl sites for hydroxylation is 1. The maximum Gasteiger partial charge on any atom is 0.270 e. The smallest absolute Gasteiger partial charge is 0.270 e. The summed E-state index contributed by atoms with van der Waals surface area (Å²) < 4.78 is 11.0. The average molecular weight is 318 g/mol. The normalized spacial score (nSPS) is 11.9. The van der Waals surface area contributed by atoms with E-state index in [1.165, 1.54) is 0 Å². The summed E-state index contributed by atoms with van der Waals surface area (Å²) >= 11 is 6.06. The molecule has 3 aromatic rings. The van der Waals surface area contributed by atoms with E-state index in [2.05, 4.69) is 15.4 Å². The fourth-order valence-corrected chi connectivity index (χ4v) is 2.32. The first-order valence-electron chi connectivity index (χ1n) is 6.91. The standard InChI is InChI=1S/C16H16ClN3O2/c1-9-5-10(7-11(17)6-9)14-18-19-15(21-14)12-8-13(22-20-12)16(2,3)4/h5-8H,1-4H3. The summed E-state index contributed by atoms with van der Waals surface area (Å²) in [5.41, 5.74) is 2.21. The topological polar surface area (TPSA) is 65.0 Å². The third kappa shape index (κ3) is 2.90. The number of hydrogen-bond acceptors (Lipinski definition) is 5. The summed E-state index contributed by atoms with van der Waals surface area (Å²) in [6.45, 7) is 8.10. The van der Waals surface area contributed by atoms with Gasteiger partial charge >= 0.3 is 0 Å². The Morgan fingerprint density at radius 2 is 1.73 bits per heavy atom. The Kier molecular flexibility index (Phi) is 3.53. The third-order valence-electron chi connectivity index (χ3n) is 3.18. The molecule has 0 unspecified atom stereocenters. The van der Waals surface area contributed by atoms with E-state index in [-0.39, 0.29) is 5.41 Å². The summed E-state index contributed by atoms with van der Waals surface area (Å²) in [4.78, 5) is 0. The molecule has 0 spiro atoms. The first-order valence-corrected chi connectivity index (χ1v) is 7.29. The minimum absolute atomic E-state index is 0.127. The van der Waals surface area contributed by atoms with Gasteiger partial charge in [-0.1, -0.05) is 37.5 Å². The molecule has 0 fully saturated rings. The zero-order chi connectivity index (χ0) is 15.9. The lowest BCUT2D eigenvalue weighted by atomic mass is 9.93. The third-order valence-corrected chi connectivity index (χ3v) is 3.40. The van der Waals surface area contributed by atoms with Crippen LogP contribution < -0.4 is 0 Å². The minimum atomic E-state index is -0.127. The fraction of sp³-hybridized carbons (Fsp3) is 0.312. The molecule has 0 N–H and O–H groups in total. The number of benzene rings is 1. The average Bonchev–Trinajstić information content (AvgIpc) is 3.06. The van der Waals surface area contributed by atoms with E-state index in [1.807, 2.05) is 45.9 Å². The van der Waals surface area contributed by atoms with E-state index < -0.39 is 0 Å². The molecule has 5 nitrogen and oxygen atoms in total. The molecule has 3 rings (SSSR count). The molecule has 114 valence electrons. The Morgan fingerprint density at radius 3 is 2.36 bits per heavy atom. The molecule has 2 heterocycles. The van der Waals surface area contributed by atoms with Gasteiger partial charge in [0.05, 0.1) is 0 Å². The molecule has 2 aromatic heterocycles. The molecule has 22 heavy (non-hydrogen) atoms. The Labute approximate surface area is 133 Å². The van der Waals surface area contributed by atoms with Crippen molar-refractivity contribution in [2.75, 3.05) is 0 Å². The van der Waals surface area contributed by atoms with Crippen molar-refractivity contribution < 1.29 is 8.94 Å². The van der Waals surface area contributed by atoms with Crippen molar-refractivity contribution >= 4 is 11.6 Å². The van der Waals surface area contributed by atoms with Crippen LogP contribution in [0.2, 0.25) is 5.02 Å². The lowest BCUT2D eigenvalue weighted by Gasteiger charge is -2.11. The summed E-state index contributed by atoms with van der Waals surface area (Å²) in [5, 5.41) is 12.7. The van der Waals surface area contributed by atoms with Gasteiger partial charge in [0, 0.05) is 22.1 Å². The SMILES string of the molecule is Cc1cc(Cl)cc(-c2nnc(-c3cc(C(C)(C)C)on3)o2)c1. The largest absolute Gasteiger partial charge is 0.414 e. The van der Waals surface area contributed by atoms with Crippen LogP contribution in [0.4, 0.5) is 0 Å². The van der Waals surface area contributed by atoms with Crippen molar-refractivity contribution in [1.82, 2.24) is 15.4 Å². The van der Waals surface area contributed by atoms with Crippen molar-refractivity contribution in [3.63, 3.8) is 0 Å². The van der Waals surface area contributed by atoms with E-state index >= 15 is 0 Å². The summed E-state index contributed by atoms with van der Waals surface area (Å²) in [6, 6.07) is 7.41. The zero-order valence-corrected chi connectivity index (χ0v) is 13.6. The number of halogens is 1. The molecule has 0 atom stereocenters. The molecule has 0 aliphatic carbocycles. The van der Waals surface area contributed by atoms with Gasteiger partial charge in [-0.05, 0) is 30.7 Å². The van der Waals surface area contributed by atoms with Crippen LogP contribution in [0.1, 0.15) is 32.1 Å². The van der Waals surface area contributed by atoms with Crippen molar-refractivity contribution in [3.05, 3.63) is 40.6 Å². The molecule has 0 amide bonds. The van der Waals surface area contributed by atoms with Crippen molar-refractivity contribution in [2.45, 2.75) is 33.1 Å². The van der Waals surface area contributed by atoms with Crippen molar-refractivity contribution in [2.24, 2.45) is 0 Å². The highest BCUT2D eigenvalue weighted by Crippen LogP contribution is 2.29. The van der Waals surface area contributed by atoms with Gasteiger partial charge in [0.2, 0.25) is 5.89 Å². The molecular weight excluding hydrogens is 302 g/mol. The molecule has 1 aromatic carbocycles. The van der Waals surface area contributed by atoms with Gasteiger partial charge in [0.25, 0.3) is 5.89 Å². The first kappa shape index (κ1) is 14.8. The van der Waals surface area contributed by atoms with Crippen LogP contribution in [0.3, 0.4) is 0 Å². The Morgan fingerprint density at radius 1 is 1.00 bits per heavy atom. The predicted octanol–water partition coefficient (Wildman–Crippen LogP) is 4.65. The van der Waals surface area contributed by atoms with Gasteiger partial charge in [-0.15, -0.1) is 10.2 Å². The van der Waals surface area contributed by atoms with Gasteiger partial charge in [0.1, 0.15) is 5.76 Å². The Balaban J connectivity index is 1.95. The summed E-state index contributed by atoms with van der Waals surface area (Å²) in [6.07, 6.45) is 0. The number of nitrogens with zero attached hydrogens (tertiary/aromatic N) is 3. The van der Waals surface area contributed by atoms with Gasteiger partial charge in [0.15, 0.2) is 5.69 Å². The van der Waals surface area contributed by atoms with Crippen LogP contribution in [0.5, 0.6) is 0 Å². The second kappa shape index (κ2) is 5.25. The molecule has 6 heteroatoms. The fourth-order valence-electron chi connectivity index (χ4n) is 2.03. The molecule has 0 saturated carbocycles. The molecule has 0 saturated heterocycles. The molecule has 0 aliphatic rings. The summed E-state index contributed by atoms with van der Waals surface area (Å²) in [5.74, 6) is 1.49. The van der Waals surface area contributed by atoms with Gasteiger partial charge in [-0.3, -0.25) is 0 Å². The maximum absolute atomic E-state index is 6.06. The van der Waals surface area contributed by atoms with Gasteiger partial charge < -0.3 is 8.94 Å². The van der Waals surface area contributed by atoms with Crippen LogP contribution in [0.25, 0.3) is 23.0 Å². The van der Waals surface area contributed by atoms with Crippen molar-refractivity contribution in [1.29, 1.82) is 0 Å². The Hall–Kier alpha value is -2.14. The zero-order valence-electron chi connectivity index (χ0n) is 12.8. The van der Waals surface area contributed by atoms with Gasteiger partial charge in [-0.2, -0.15) is 0 Å². The predicted molar refractivity (Wildman–Crippen MR) is 83.7 cm³/mol. The van der Waals surface area contributed by atoms with Crippen LogP contribution in [0, 0.1) is 6.92 Å². The highest BCUT2D eigenvalue weighted by Gasteiger charge is 2.22.